The lowest BCUT2D eigenvalue weighted by atomic mass is 10.0. The average Bonchev–Trinajstić information content (AvgIpc) is 2.71. The zero-order valence-electron chi connectivity index (χ0n) is 13.5. The highest BCUT2D eigenvalue weighted by Gasteiger charge is 2.32. The molecule has 0 bridgehead atoms. The Morgan fingerprint density at radius 2 is 1.71 bits per heavy atom. The SMILES string of the molecule is Cc1oc(C)c(C(=O)N2CCN(C(C)(C)C#N)CC2)c1C. The number of amides is 1. The molecule has 0 spiro atoms. The van der Waals surface area contributed by atoms with Crippen molar-refractivity contribution in [1.82, 2.24) is 9.80 Å². The van der Waals surface area contributed by atoms with Gasteiger partial charge in [0.1, 0.15) is 17.1 Å². The summed E-state index contributed by atoms with van der Waals surface area (Å²) in [6.45, 7) is 12.2. The smallest absolute Gasteiger partial charge is 0.257 e. The zero-order valence-corrected chi connectivity index (χ0v) is 13.5. The minimum atomic E-state index is -0.479. The van der Waals surface area contributed by atoms with Crippen molar-refractivity contribution in [1.29, 1.82) is 5.26 Å². The maximum atomic E-state index is 12.7. The van der Waals surface area contributed by atoms with Gasteiger partial charge in [-0.05, 0) is 34.6 Å². The van der Waals surface area contributed by atoms with Crippen LogP contribution >= 0.6 is 0 Å². The number of furan rings is 1. The first-order valence-electron chi connectivity index (χ1n) is 7.30. The van der Waals surface area contributed by atoms with E-state index in [-0.39, 0.29) is 5.91 Å². The minimum absolute atomic E-state index is 0.0382. The molecule has 5 heteroatoms. The second-order valence-electron chi connectivity index (χ2n) is 6.16. The molecule has 0 unspecified atom stereocenters. The Bertz CT molecular complexity index is 587. The molecule has 0 atom stereocenters. The lowest BCUT2D eigenvalue weighted by Gasteiger charge is -2.40. The molecule has 1 aromatic rings. The summed E-state index contributed by atoms with van der Waals surface area (Å²) < 4.78 is 5.55. The van der Waals surface area contributed by atoms with Gasteiger partial charge in [-0.15, -0.1) is 0 Å². The molecule has 0 aromatic carbocycles. The van der Waals surface area contributed by atoms with Gasteiger partial charge in [-0.2, -0.15) is 5.26 Å². The molecular formula is C16H23N3O2. The third-order valence-electron chi connectivity index (χ3n) is 4.41. The number of carbonyl (C=O) groups is 1. The molecule has 5 nitrogen and oxygen atoms in total. The van der Waals surface area contributed by atoms with Gasteiger partial charge in [0.05, 0.1) is 11.6 Å². The van der Waals surface area contributed by atoms with Crippen LogP contribution in [0.25, 0.3) is 0 Å². The Morgan fingerprint density at radius 1 is 1.14 bits per heavy atom. The number of nitriles is 1. The predicted octanol–water partition coefficient (Wildman–Crippen LogP) is 2.26. The highest BCUT2D eigenvalue weighted by Crippen LogP contribution is 2.24. The molecule has 1 aliphatic heterocycles. The standard InChI is InChI=1S/C16H23N3O2/c1-11-12(2)21-13(3)14(11)15(20)18-6-8-19(9-7-18)16(4,5)10-17/h6-9H2,1-5H3. The summed E-state index contributed by atoms with van der Waals surface area (Å²) >= 11 is 0. The average molecular weight is 289 g/mol. The van der Waals surface area contributed by atoms with Crippen LogP contribution in [0.4, 0.5) is 0 Å². The molecule has 114 valence electrons. The first-order chi connectivity index (χ1) is 9.77. The summed E-state index contributed by atoms with van der Waals surface area (Å²) in [5, 5.41) is 9.19. The van der Waals surface area contributed by atoms with Gasteiger partial charge in [0.15, 0.2) is 0 Å². The van der Waals surface area contributed by atoms with Crippen molar-refractivity contribution in [3.63, 3.8) is 0 Å². The number of nitrogens with zero attached hydrogens (tertiary/aromatic N) is 3. The van der Waals surface area contributed by atoms with Gasteiger partial charge >= 0.3 is 0 Å². The summed E-state index contributed by atoms with van der Waals surface area (Å²) in [5.41, 5.74) is 1.14. The van der Waals surface area contributed by atoms with Crippen molar-refractivity contribution in [2.45, 2.75) is 40.2 Å². The second kappa shape index (κ2) is 5.53. The second-order valence-corrected chi connectivity index (χ2v) is 6.16. The summed E-state index contributed by atoms with van der Waals surface area (Å²) in [4.78, 5) is 16.6. The normalized spacial score (nSPS) is 16.9. The van der Waals surface area contributed by atoms with E-state index < -0.39 is 5.54 Å². The van der Waals surface area contributed by atoms with E-state index in [2.05, 4.69) is 11.0 Å². The van der Waals surface area contributed by atoms with E-state index in [4.69, 9.17) is 4.42 Å². The van der Waals surface area contributed by atoms with Crippen molar-refractivity contribution in [2.24, 2.45) is 0 Å². The van der Waals surface area contributed by atoms with Crippen LogP contribution in [0.2, 0.25) is 0 Å². The Labute approximate surface area is 126 Å². The van der Waals surface area contributed by atoms with Crippen LogP contribution in [0.15, 0.2) is 4.42 Å². The van der Waals surface area contributed by atoms with Crippen molar-refractivity contribution >= 4 is 5.91 Å². The van der Waals surface area contributed by atoms with Gasteiger partial charge in [-0.3, -0.25) is 9.69 Å². The summed E-state index contributed by atoms with van der Waals surface area (Å²) in [6, 6.07) is 2.32. The van der Waals surface area contributed by atoms with Gasteiger partial charge in [0, 0.05) is 31.7 Å². The topological polar surface area (TPSA) is 60.5 Å². The maximum Gasteiger partial charge on any atom is 0.257 e. The fourth-order valence-corrected chi connectivity index (χ4v) is 2.81. The number of piperazine rings is 1. The van der Waals surface area contributed by atoms with E-state index in [9.17, 15) is 10.1 Å². The molecule has 0 aliphatic carbocycles. The molecule has 0 saturated carbocycles. The number of rotatable bonds is 2. The molecule has 1 aliphatic rings. The zero-order chi connectivity index (χ0) is 15.8. The Morgan fingerprint density at radius 3 is 2.14 bits per heavy atom. The van der Waals surface area contributed by atoms with Crippen molar-refractivity contribution in [3.05, 3.63) is 22.6 Å². The highest BCUT2D eigenvalue weighted by molar-refractivity contribution is 5.97. The van der Waals surface area contributed by atoms with Crippen LogP contribution in [0.1, 0.15) is 41.3 Å². The van der Waals surface area contributed by atoms with Crippen LogP contribution in [0.5, 0.6) is 0 Å². The molecule has 2 rings (SSSR count). The number of aryl methyl sites for hydroxylation is 2. The van der Waals surface area contributed by atoms with Crippen molar-refractivity contribution in [3.8, 4) is 6.07 Å². The fourth-order valence-electron chi connectivity index (χ4n) is 2.81. The predicted molar refractivity (Wildman–Crippen MR) is 80.1 cm³/mol. The lowest BCUT2D eigenvalue weighted by Crippen LogP contribution is -2.55. The Balaban J connectivity index is 2.09. The van der Waals surface area contributed by atoms with Crippen LogP contribution in [-0.2, 0) is 0 Å². The quantitative estimate of drug-likeness (QED) is 0.838. The fraction of sp³-hybridized carbons (Fsp3) is 0.625. The monoisotopic (exact) mass is 289 g/mol. The summed E-state index contributed by atoms with van der Waals surface area (Å²) in [6.07, 6.45) is 0. The van der Waals surface area contributed by atoms with Crippen LogP contribution in [0.3, 0.4) is 0 Å². The van der Waals surface area contributed by atoms with E-state index >= 15 is 0 Å². The Kier molecular flexibility index (Phi) is 4.11. The Hall–Kier alpha value is -1.80. The molecular weight excluding hydrogens is 266 g/mol. The highest BCUT2D eigenvalue weighted by atomic mass is 16.3. The minimum Gasteiger partial charge on any atom is -0.466 e. The van der Waals surface area contributed by atoms with Crippen LogP contribution in [0, 0.1) is 32.1 Å². The number of carbonyl (C=O) groups excluding carboxylic acids is 1. The molecule has 1 amide bonds. The first kappa shape index (κ1) is 15.6. The largest absolute Gasteiger partial charge is 0.466 e. The number of hydrogen-bond acceptors (Lipinski definition) is 4. The van der Waals surface area contributed by atoms with E-state index in [0.717, 1.165) is 24.4 Å². The number of hydrogen-bond donors (Lipinski definition) is 0. The van der Waals surface area contributed by atoms with Gasteiger partial charge in [-0.1, -0.05) is 0 Å². The first-order valence-corrected chi connectivity index (χ1v) is 7.30. The third kappa shape index (κ3) is 2.81. The summed E-state index contributed by atoms with van der Waals surface area (Å²) in [7, 11) is 0. The van der Waals surface area contributed by atoms with E-state index in [1.807, 2.05) is 39.5 Å². The van der Waals surface area contributed by atoms with E-state index in [1.54, 1.807) is 0 Å². The van der Waals surface area contributed by atoms with Gasteiger partial charge in [-0.25, -0.2) is 0 Å². The molecule has 1 saturated heterocycles. The molecule has 21 heavy (non-hydrogen) atoms. The third-order valence-corrected chi connectivity index (χ3v) is 4.41. The van der Waals surface area contributed by atoms with Gasteiger partial charge < -0.3 is 9.32 Å². The van der Waals surface area contributed by atoms with E-state index in [0.29, 0.717) is 24.4 Å². The van der Waals surface area contributed by atoms with Gasteiger partial charge in [0.25, 0.3) is 5.91 Å². The molecule has 1 fully saturated rings. The summed E-state index contributed by atoms with van der Waals surface area (Å²) in [5.74, 6) is 1.53. The van der Waals surface area contributed by atoms with Gasteiger partial charge in [0.2, 0.25) is 0 Å². The van der Waals surface area contributed by atoms with Crippen molar-refractivity contribution in [2.75, 3.05) is 26.2 Å². The maximum absolute atomic E-state index is 12.7. The molecule has 0 radical (unpaired) electrons. The molecule has 0 N–H and O–H groups in total. The van der Waals surface area contributed by atoms with Crippen LogP contribution in [-0.4, -0.2) is 47.4 Å². The molecule has 1 aromatic heterocycles. The van der Waals surface area contributed by atoms with E-state index in [1.165, 1.54) is 0 Å². The van der Waals surface area contributed by atoms with Crippen LogP contribution < -0.4 is 0 Å². The van der Waals surface area contributed by atoms with Crippen molar-refractivity contribution < 1.29 is 9.21 Å². The molecule has 2 heterocycles. The lowest BCUT2D eigenvalue weighted by molar-refractivity contribution is 0.0519.